The van der Waals surface area contributed by atoms with Crippen LogP contribution >= 0.6 is 11.3 Å². The number of anilines is 2. The number of hydrogen-bond donors (Lipinski definition) is 1. The number of benzene rings is 2. The molecule has 1 aromatic heterocycles. The van der Waals surface area contributed by atoms with E-state index in [2.05, 4.69) is 45.1 Å². The summed E-state index contributed by atoms with van der Waals surface area (Å²) in [5.41, 5.74) is 11.3. The van der Waals surface area contributed by atoms with Crippen molar-refractivity contribution >= 4 is 40.0 Å². The maximum absolute atomic E-state index is 12.2. The van der Waals surface area contributed by atoms with Gasteiger partial charge in [-0.2, -0.15) is 0 Å². The maximum atomic E-state index is 12.2. The summed E-state index contributed by atoms with van der Waals surface area (Å²) in [5.74, 6) is 0.178. The van der Waals surface area contributed by atoms with Crippen LogP contribution in [0.5, 0.6) is 0 Å². The first-order valence-corrected chi connectivity index (χ1v) is 12.7. The number of fused-ring (bicyclic) bond motifs is 1. The first-order chi connectivity index (χ1) is 17.1. The molecule has 5 rings (SSSR count). The van der Waals surface area contributed by atoms with Crippen LogP contribution in [-0.2, 0) is 24.2 Å². The van der Waals surface area contributed by atoms with Gasteiger partial charge in [0, 0.05) is 62.6 Å². The molecular formula is C27H30N6OS. The second kappa shape index (κ2) is 10.3. The van der Waals surface area contributed by atoms with Gasteiger partial charge in [-0.15, -0.1) is 11.3 Å². The van der Waals surface area contributed by atoms with Gasteiger partial charge < -0.3 is 20.4 Å². The lowest BCUT2D eigenvalue weighted by Gasteiger charge is -2.35. The molecule has 1 fully saturated rings. The minimum atomic E-state index is 0.178. The lowest BCUT2D eigenvalue weighted by Crippen LogP contribution is -2.48. The van der Waals surface area contributed by atoms with Crippen LogP contribution < -0.4 is 15.5 Å². The maximum Gasteiger partial charge on any atom is 0.241 e. The number of rotatable bonds is 6. The van der Waals surface area contributed by atoms with E-state index < -0.39 is 0 Å². The Morgan fingerprint density at radius 3 is 2.71 bits per heavy atom. The molecule has 2 aliphatic heterocycles. The second-order valence-electron chi connectivity index (χ2n) is 8.98. The molecule has 35 heavy (non-hydrogen) atoms. The Bertz CT molecular complexity index is 1250. The summed E-state index contributed by atoms with van der Waals surface area (Å²) >= 11 is 1.76. The Morgan fingerprint density at radius 2 is 1.91 bits per heavy atom. The lowest BCUT2D eigenvalue weighted by atomic mass is 9.99. The van der Waals surface area contributed by atoms with Crippen molar-refractivity contribution in [2.75, 3.05) is 43.0 Å². The number of aliphatic imine (C=N–C) groups is 1. The molecule has 0 saturated carbocycles. The molecule has 0 aliphatic carbocycles. The number of nitrogens with zero attached hydrogens (tertiary/aromatic N) is 5. The third-order valence-electron chi connectivity index (χ3n) is 6.57. The molecule has 180 valence electrons. The molecule has 0 radical (unpaired) electrons. The molecular weight excluding hydrogens is 456 g/mol. The number of allylic oxidation sites excluding steroid dienone is 1. The van der Waals surface area contributed by atoms with Gasteiger partial charge in [-0.05, 0) is 59.7 Å². The number of likely N-dealkylation sites (N-methyl/N-ethyl adjacent to an activating group) is 1. The number of hydrogen-bond acceptors (Lipinski definition) is 7. The van der Waals surface area contributed by atoms with Crippen LogP contribution in [-0.4, -0.2) is 55.2 Å². The van der Waals surface area contributed by atoms with Crippen molar-refractivity contribution < 1.29 is 4.79 Å². The summed E-state index contributed by atoms with van der Waals surface area (Å²) in [6.45, 7) is 3.91. The van der Waals surface area contributed by atoms with Gasteiger partial charge in [-0.1, -0.05) is 18.2 Å². The molecule has 0 spiro atoms. The predicted octanol–water partition coefficient (Wildman–Crippen LogP) is 3.75. The van der Waals surface area contributed by atoms with E-state index in [0.29, 0.717) is 6.54 Å². The van der Waals surface area contributed by atoms with E-state index in [1.54, 1.807) is 28.5 Å². The summed E-state index contributed by atoms with van der Waals surface area (Å²) < 4.78 is 0. The molecule has 2 N–H and O–H groups in total. The predicted molar refractivity (Wildman–Crippen MR) is 144 cm³/mol. The number of amides is 1. The van der Waals surface area contributed by atoms with Crippen molar-refractivity contribution in [3.05, 3.63) is 82.5 Å². The summed E-state index contributed by atoms with van der Waals surface area (Å²) in [6.07, 6.45) is 8.73. The third-order valence-corrected chi connectivity index (χ3v) is 7.63. The Hall–Kier alpha value is -3.65. The largest absolute Gasteiger partial charge is 0.405 e. The SMILES string of the molecule is CN1CCN(c2ccc3c(c2)CN(c2ncc(Cc4ccc(N=CC=CN)cc4)s2)CC3)CC1=O. The fourth-order valence-corrected chi connectivity index (χ4v) is 5.46. The van der Waals surface area contributed by atoms with Gasteiger partial charge in [0.15, 0.2) is 5.13 Å². The number of piperazine rings is 1. The zero-order valence-electron chi connectivity index (χ0n) is 19.9. The summed E-state index contributed by atoms with van der Waals surface area (Å²) in [4.78, 5) is 28.9. The standard InChI is InChI=1S/C27H30N6OS/c1-31-13-14-32(19-26(31)34)24-8-5-21-9-12-33(18-22(21)16-24)27-30-17-25(35-27)15-20-3-6-23(7-4-20)29-11-2-10-28/h2-8,10-11,16-17H,9,12-15,18-19,28H2,1H3. The zero-order chi connectivity index (χ0) is 24.2. The average molecular weight is 487 g/mol. The van der Waals surface area contributed by atoms with Crippen LogP contribution in [0.25, 0.3) is 0 Å². The number of aromatic nitrogens is 1. The molecule has 0 unspecified atom stereocenters. The van der Waals surface area contributed by atoms with Crippen LogP contribution in [0.2, 0.25) is 0 Å². The second-order valence-corrected chi connectivity index (χ2v) is 10.1. The normalized spacial score (nSPS) is 16.5. The minimum absolute atomic E-state index is 0.178. The first-order valence-electron chi connectivity index (χ1n) is 11.9. The van der Waals surface area contributed by atoms with Crippen LogP contribution in [0, 0.1) is 0 Å². The van der Waals surface area contributed by atoms with Gasteiger partial charge in [-0.25, -0.2) is 4.98 Å². The highest BCUT2D eigenvalue weighted by atomic mass is 32.1. The van der Waals surface area contributed by atoms with Crippen molar-refractivity contribution in [3.63, 3.8) is 0 Å². The topological polar surface area (TPSA) is 78.1 Å². The number of thiazole rings is 1. The number of carbonyl (C=O) groups excluding carboxylic acids is 1. The monoisotopic (exact) mass is 486 g/mol. The Balaban J connectivity index is 1.24. The molecule has 0 atom stereocenters. The molecule has 3 aromatic rings. The van der Waals surface area contributed by atoms with Crippen LogP contribution in [0.3, 0.4) is 0 Å². The van der Waals surface area contributed by atoms with Crippen molar-refractivity contribution in [3.8, 4) is 0 Å². The van der Waals surface area contributed by atoms with E-state index >= 15 is 0 Å². The van der Waals surface area contributed by atoms with E-state index in [0.717, 1.165) is 55.5 Å². The molecule has 7 nitrogen and oxygen atoms in total. The van der Waals surface area contributed by atoms with Crippen LogP contribution in [0.15, 0.2) is 65.9 Å². The van der Waals surface area contributed by atoms with E-state index in [1.807, 2.05) is 25.4 Å². The highest BCUT2D eigenvalue weighted by molar-refractivity contribution is 7.15. The Kier molecular flexibility index (Phi) is 6.81. The molecule has 1 saturated heterocycles. The third kappa shape index (κ3) is 5.38. The van der Waals surface area contributed by atoms with Crippen molar-refractivity contribution in [1.82, 2.24) is 9.88 Å². The van der Waals surface area contributed by atoms with Crippen molar-refractivity contribution in [1.29, 1.82) is 0 Å². The lowest BCUT2D eigenvalue weighted by molar-refractivity contribution is -0.129. The van der Waals surface area contributed by atoms with Crippen molar-refractivity contribution in [2.24, 2.45) is 10.7 Å². The summed E-state index contributed by atoms with van der Waals surface area (Å²) in [7, 11) is 1.87. The zero-order valence-corrected chi connectivity index (χ0v) is 20.7. The Labute approximate surface area is 210 Å². The van der Waals surface area contributed by atoms with Crippen LogP contribution in [0.1, 0.15) is 21.6 Å². The molecule has 0 bridgehead atoms. The summed E-state index contributed by atoms with van der Waals surface area (Å²) in [5, 5.41) is 1.07. The van der Waals surface area contributed by atoms with E-state index in [4.69, 9.17) is 10.7 Å². The van der Waals surface area contributed by atoms with Gasteiger partial charge >= 0.3 is 0 Å². The molecule has 2 aliphatic rings. The van der Waals surface area contributed by atoms with Gasteiger partial charge in [0.2, 0.25) is 5.91 Å². The highest BCUT2D eigenvalue weighted by Crippen LogP contribution is 2.31. The van der Waals surface area contributed by atoms with E-state index in [1.165, 1.54) is 27.8 Å². The molecule has 2 aromatic carbocycles. The fourth-order valence-electron chi connectivity index (χ4n) is 4.49. The molecule has 1 amide bonds. The van der Waals surface area contributed by atoms with Crippen LogP contribution in [0.4, 0.5) is 16.5 Å². The fraction of sp³-hybridized carbons (Fsp3) is 0.296. The molecule has 8 heteroatoms. The Morgan fingerprint density at radius 1 is 1.06 bits per heavy atom. The number of carbonyl (C=O) groups is 1. The summed E-state index contributed by atoms with van der Waals surface area (Å²) in [6, 6.07) is 14.9. The van der Waals surface area contributed by atoms with E-state index in [-0.39, 0.29) is 5.91 Å². The van der Waals surface area contributed by atoms with Gasteiger partial charge in [0.25, 0.3) is 0 Å². The van der Waals surface area contributed by atoms with E-state index in [9.17, 15) is 4.79 Å². The average Bonchev–Trinajstić information content (AvgIpc) is 3.35. The first kappa shape index (κ1) is 23.1. The quantitative estimate of drug-likeness (QED) is 0.537. The number of nitrogens with two attached hydrogens (primary N) is 1. The molecule has 3 heterocycles. The van der Waals surface area contributed by atoms with Gasteiger partial charge in [0.1, 0.15) is 0 Å². The van der Waals surface area contributed by atoms with Crippen molar-refractivity contribution in [2.45, 2.75) is 19.4 Å². The highest BCUT2D eigenvalue weighted by Gasteiger charge is 2.24. The van der Waals surface area contributed by atoms with Gasteiger partial charge in [-0.3, -0.25) is 9.79 Å². The minimum Gasteiger partial charge on any atom is -0.405 e. The van der Waals surface area contributed by atoms with Gasteiger partial charge in [0.05, 0.1) is 12.2 Å². The smallest absolute Gasteiger partial charge is 0.241 e.